The van der Waals surface area contributed by atoms with Crippen molar-refractivity contribution in [2.75, 3.05) is 5.75 Å². The smallest absolute Gasteiger partial charge is 0.250 e. The molecule has 1 amide bonds. The first-order chi connectivity index (χ1) is 16.4. The summed E-state index contributed by atoms with van der Waals surface area (Å²) in [7, 11) is 0. The van der Waals surface area contributed by atoms with Gasteiger partial charge in [-0.05, 0) is 40.8 Å². The van der Waals surface area contributed by atoms with Gasteiger partial charge in [0.1, 0.15) is 0 Å². The minimum atomic E-state index is -0.228. The molecule has 34 heavy (non-hydrogen) atoms. The van der Waals surface area contributed by atoms with Gasteiger partial charge in [-0.1, -0.05) is 75.0 Å². The molecule has 0 atom stereocenters. The Morgan fingerprint density at radius 3 is 2.38 bits per heavy atom. The van der Waals surface area contributed by atoms with E-state index in [-0.39, 0.29) is 17.1 Å². The van der Waals surface area contributed by atoms with Gasteiger partial charge in [-0.3, -0.25) is 14.3 Å². The van der Waals surface area contributed by atoms with E-state index in [2.05, 4.69) is 70.7 Å². The Balaban J connectivity index is 1.53. The van der Waals surface area contributed by atoms with E-state index < -0.39 is 0 Å². The van der Waals surface area contributed by atoms with Crippen LogP contribution in [0, 0.1) is 0 Å². The van der Waals surface area contributed by atoms with Crippen LogP contribution in [0.1, 0.15) is 31.9 Å². The van der Waals surface area contributed by atoms with Gasteiger partial charge < -0.3 is 0 Å². The Labute approximate surface area is 203 Å². The summed E-state index contributed by atoms with van der Waals surface area (Å²) in [5.74, 6) is 0.654. The minimum Gasteiger partial charge on any atom is -0.272 e. The average Bonchev–Trinajstić information content (AvgIpc) is 3.27. The fourth-order valence-corrected chi connectivity index (χ4v) is 4.01. The second-order valence-electron chi connectivity index (χ2n) is 8.67. The standard InChI is InChI=1S/C26H26N6OS/c1-26(2,3)21-11-9-20(10-12-21)24-30-31-25(32(24)22-7-5-4-6-8-22)34-18-23(33)29-28-17-19-13-15-27-16-14-19/h4-17H,18H2,1-3H3,(H,29,33)/b28-17+. The molecule has 2 heterocycles. The second kappa shape index (κ2) is 10.4. The number of carbonyl (C=O) groups excluding carboxylic acids is 1. The first-order valence-corrected chi connectivity index (χ1v) is 11.9. The largest absolute Gasteiger partial charge is 0.272 e. The van der Waals surface area contributed by atoms with E-state index >= 15 is 0 Å². The lowest BCUT2D eigenvalue weighted by molar-refractivity contribution is -0.118. The number of thioether (sulfide) groups is 1. The maximum absolute atomic E-state index is 12.3. The summed E-state index contributed by atoms with van der Waals surface area (Å²) in [6.45, 7) is 6.57. The fourth-order valence-electron chi connectivity index (χ4n) is 3.27. The lowest BCUT2D eigenvalue weighted by atomic mass is 9.87. The molecular weight excluding hydrogens is 444 g/mol. The van der Waals surface area contributed by atoms with Crippen molar-refractivity contribution in [2.24, 2.45) is 5.10 Å². The number of nitrogens with one attached hydrogen (secondary N) is 1. The number of carbonyl (C=O) groups is 1. The summed E-state index contributed by atoms with van der Waals surface area (Å²) >= 11 is 1.31. The average molecular weight is 471 g/mol. The van der Waals surface area contributed by atoms with Crippen molar-refractivity contribution in [3.05, 3.63) is 90.3 Å². The number of pyridine rings is 1. The molecule has 4 aromatic rings. The van der Waals surface area contributed by atoms with Crippen LogP contribution < -0.4 is 5.43 Å². The number of aromatic nitrogens is 4. The summed E-state index contributed by atoms with van der Waals surface area (Å²) in [5.41, 5.74) is 6.62. The highest BCUT2D eigenvalue weighted by Crippen LogP contribution is 2.30. The molecule has 4 rings (SSSR count). The summed E-state index contributed by atoms with van der Waals surface area (Å²) in [4.78, 5) is 16.3. The number of rotatable bonds is 7. The number of nitrogens with zero attached hydrogens (tertiary/aromatic N) is 5. The van der Waals surface area contributed by atoms with Crippen LogP contribution in [0.5, 0.6) is 0 Å². The van der Waals surface area contributed by atoms with Crippen LogP contribution in [0.2, 0.25) is 0 Å². The van der Waals surface area contributed by atoms with Crippen LogP contribution >= 0.6 is 11.8 Å². The Morgan fingerprint density at radius 2 is 1.71 bits per heavy atom. The molecule has 1 N–H and O–H groups in total. The zero-order valence-electron chi connectivity index (χ0n) is 19.3. The van der Waals surface area contributed by atoms with Crippen molar-refractivity contribution in [3.8, 4) is 17.1 Å². The predicted molar refractivity (Wildman–Crippen MR) is 136 cm³/mol. The topological polar surface area (TPSA) is 85.1 Å². The molecule has 0 unspecified atom stereocenters. The molecule has 0 saturated carbocycles. The summed E-state index contributed by atoms with van der Waals surface area (Å²) < 4.78 is 1.98. The van der Waals surface area contributed by atoms with E-state index in [9.17, 15) is 4.79 Å². The minimum absolute atomic E-state index is 0.0693. The number of hydrogen-bond donors (Lipinski definition) is 1. The zero-order valence-corrected chi connectivity index (χ0v) is 20.2. The van der Waals surface area contributed by atoms with Crippen molar-refractivity contribution in [3.63, 3.8) is 0 Å². The maximum atomic E-state index is 12.3. The molecule has 7 nitrogen and oxygen atoms in total. The van der Waals surface area contributed by atoms with Crippen LogP contribution in [0.4, 0.5) is 0 Å². The molecule has 8 heteroatoms. The predicted octanol–water partition coefficient (Wildman–Crippen LogP) is 4.87. The molecule has 2 aromatic carbocycles. The third-order valence-corrected chi connectivity index (χ3v) is 6.03. The molecular formula is C26H26N6OS. The molecule has 0 aliphatic heterocycles. The summed E-state index contributed by atoms with van der Waals surface area (Å²) in [6, 6.07) is 21.9. The highest BCUT2D eigenvalue weighted by atomic mass is 32.2. The molecule has 0 aliphatic rings. The molecule has 0 saturated heterocycles. The molecule has 0 fully saturated rings. The van der Waals surface area contributed by atoms with Crippen LogP contribution in [0.15, 0.2) is 89.4 Å². The van der Waals surface area contributed by atoms with Gasteiger partial charge in [-0.2, -0.15) is 5.10 Å². The number of para-hydroxylation sites is 1. The molecule has 2 aromatic heterocycles. The van der Waals surface area contributed by atoms with Crippen LogP contribution in [0.3, 0.4) is 0 Å². The molecule has 172 valence electrons. The maximum Gasteiger partial charge on any atom is 0.250 e. The monoisotopic (exact) mass is 470 g/mol. The Bertz CT molecular complexity index is 1260. The van der Waals surface area contributed by atoms with E-state index in [0.717, 1.165) is 22.6 Å². The van der Waals surface area contributed by atoms with Gasteiger partial charge in [0.05, 0.1) is 12.0 Å². The van der Waals surface area contributed by atoms with Gasteiger partial charge in [0.2, 0.25) is 0 Å². The SMILES string of the molecule is CC(C)(C)c1ccc(-c2nnc(SCC(=O)N/N=C/c3ccncc3)n2-c2ccccc2)cc1. The normalized spacial score (nSPS) is 11.6. The molecule has 0 bridgehead atoms. The van der Waals surface area contributed by atoms with Crippen molar-refractivity contribution < 1.29 is 4.79 Å². The number of benzene rings is 2. The molecule has 0 spiro atoms. The van der Waals surface area contributed by atoms with Crippen LogP contribution in [-0.4, -0.2) is 37.6 Å². The summed E-state index contributed by atoms with van der Waals surface area (Å²) in [5, 5.41) is 13.5. The highest BCUT2D eigenvalue weighted by Gasteiger charge is 2.19. The Hall–Kier alpha value is -3.78. The van der Waals surface area contributed by atoms with Crippen molar-refractivity contribution >= 4 is 23.9 Å². The van der Waals surface area contributed by atoms with Gasteiger partial charge in [-0.25, -0.2) is 5.43 Å². The van der Waals surface area contributed by atoms with E-state index in [1.54, 1.807) is 18.6 Å². The van der Waals surface area contributed by atoms with Crippen molar-refractivity contribution in [1.82, 2.24) is 25.2 Å². The zero-order chi connectivity index (χ0) is 24.0. The van der Waals surface area contributed by atoms with Gasteiger partial charge in [0, 0.05) is 23.6 Å². The third-order valence-electron chi connectivity index (χ3n) is 5.10. The van der Waals surface area contributed by atoms with Gasteiger partial charge in [0.15, 0.2) is 11.0 Å². The van der Waals surface area contributed by atoms with Gasteiger partial charge in [-0.15, -0.1) is 10.2 Å². The highest BCUT2D eigenvalue weighted by molar-refractivity contribution is 7.99. The van der Waals surface area contributed by atoms with Gasteiger partial charge in [0.25, 0.3) is 5.91 Å². The van der Waals surface area contributed by atoms with Gasteiger partial charge >= 0.3 is 0 Å². The lowest BCUT2D eigenvalue weighted by Gasteiger charge is -2.19. The first-order valence-electron chi connectivity index (χ1n) is 10.9. The Morgan fingerprint density at radius 1 is 1.00 bits per heavy atom. The van der Waals surface area contributed by atoms with E-state index in [1.807, 2.05) is 47.0 Å². The lowest BCUT2D eigenvalue weighted by Crippen LogP contribution is -2.20. The van der Waals surface area contributed by atoms with Crippen LogP contribution in [-0.2, 0) is 10.2 Å². The Kier molecular flexibility index (Phi) is 7.18. The number of amides is 1. The quantitative estimate of drug-likeness (QED) is 0.237. The fraction of sp³-hybridized carbons (Fsp3) is 0.192. The van der Waals surface area contributed by atoms with E-state index in [4.69, 9.17) is 0 Å². The second-order valence-corrected chi connectivity index (χ2v) is 9.61. The van der Waals surface area contributed by atoms with Crippen molar-refractivity contribution in [2.45, 2.75) is 31.3 Å². The molecule has 0 radical (unpaired) electrons. The molecule has 0 aliphatic carbocycles. The van der Waals surface area contributed by atoms with E-state index in [1.165, 1.54) is 17.3 Å². The summed E-state index contributed by atoms with van der Waals surface area (Å²) in [6.07, 6.45) is 4.92. The van der Waals surface area contributed by atoms with Crippen molar-refractivity contribution in [1.29, 1.82) is 0 Å². The van der Waals surface area contributed by atoms with E-state index in [0.29, 0.717) is 5.16 Å². The number of hydrogen-bond acceptors (Lipinski definition) is 6. The van der Waals surface area contributed by atoms with Crippen LogP contribution in [0.25, 0.3) is 17.1 Å². The number of hydrazone groups is 1. The third kappa shape index (κ3) is 5.77. The first kappa shape index (κ1) is 23.4.